The van der Waals surface area contributed by atoms with Gasteiger partial charge in [0.05, 0.1) is 24.0 Å². The lowest BCUT2D eigenvalue weighted by Gasteiger charge is -2.07. The molecule has 2 N–H and O–H groups in total. The van der Waals surface area contributed by atoms with Crippen LogP contribution in [0, 0.1) is 0 Å². The highest BCUT2D eigenvalue weighted by Crippen LogP contribution is 2.23. The maximum Gasteiger partial charge on any atom is 0.277 e. The van der Waals surface area contributed by atoms with E-state index in [0.29, 0.717) is 23.1 Å². The Bertz CT molecular complexity index is 1150. The number of anilines is 2. The van der Waals surface area contributed by atoms with Gasteiger partial charge in [0.2, 0.25) is 5.95 Å². The number of nitrogens with one attached hydrogen (secondary N) is 2. The fraction of sp³-hybridized carbons (Fsp3) is 0.100. The van der Waals surface area contributed by atoms with E-state index in [1.54, 1.807) is 18.5 Å². The molecule has 0 aliphatic rings. The molecule has 0 fully saturated rings. The molecule has 0 bridgehead atoms. The highest BCUT2D eigenvalue weighted by Gasteiger charge is 2.16. The van der Waals surface area contributed by atoms with Crippen LogP contribution in [0.2, 0.25) is 10.0 Å². The summed E-state index contributed by atoms with van der Waals surface area (Å²) < 4.78 is 5.25. The number of benzene rings is 1. The largest absolute Gasteiger partial charge is 0.467 e. The number of hydrogen-bond donors (Lipinski definition) is 2. The molecule has 4 rings (SSSR count). The van der Waals surface area contributed by atoms with Gasteiger partial charge in [-0.2, -0.15) is 0 Å². The standard InChI is InChI=1S/C20H15Cl2N5O2S/c21-13-5-3-12(4-6-13)8-15-10-25-20(30-15)27-18(28)17-16(22)11-24-19(26-17)23-9-14-2-1-7-29-14/h1-7,10-11H,8-9H2,(H,23,24,26)(H,25,27,28). The van der Waals surface area contributed by atoms with E-state index in [0.717, 1.165) is 16.2 Å². The molecule has 0 atom stereocenters. The fourth-order valence-corrected chi connectivity index (χ4v) is 3.74. The number of nitrogens with zero attached hydrogens (tertiary/aromatic N) is 3. The van der Waals surface area contributed by atoms with Crippen molar-refractivity contribution in [3.63, 3.8) is 0 Å². The van der Waals surface area contributed by atoms with Crippen LogP contribution >= 0.6 is 34.5 Å². The zero-order valence-electron chi connectivity index (χ0n) is 15.4. The van der Waals surface area contributed by atoms with Gasteiger partial charge in [0, 0.05) is 22.5 Å². The third kappa shape index (κ3) is 5.15. The average Bonchev–Trinajstić information content (AvgIpc) is 3.41. The van der Waals surface area contributed by atoms with Crippen molar-refractivity contribution in [3.05, 3.63) is 87.0 Å². The van der Waals surface area contributed by atoms with Crippen molar-refractivity contribution in [2.75, 3.05) is 10.6 Å². The minimum Gasteiger partial charge on any atom is -0.467 e. The summed E-state index contributed by atoms with van der Waals surface area (Å²) in [6, 6.07) is 11.2. The first-order valence-corrected chi connectivity index (χ1v) is 10.4. The van der Waals surface area contributed by atoms with Crippen molar-refractivity contribution in [1.82, 2.24) is 15.0 Å². The molecule has 0 saturated carbocycles. The van der Waals surface area contributed by atoms with Gasteiger partial charge in [-0.15, -0.1) is 11.3 Å². The number of carbonyl (C=O) groups is 1. The quantitative estimate of drug-likeness (QED) is 0.390. The maximum atomic E-state index is 12.6. The lowest BCUT2D eigenvalue weighted by Crippen LogP contribution is -2.16. The van der Waals surface area contributed by atoms with Gasteiger partial charge < -0.3 is 9.73 Å². The number of halogens is 2. The van der Waals surface area contributed by atoms with Gasteiger partial charge >= 0.3 is 0 Å². The molecule has 1 aromatic carbocycles. The number of furan rings is 1. The van der Waals surface area contributed by atoms with E-state index >= 15 is 0 Å². The van der Waals surface area contributed by atoms with Gasteiger partial charge in [0.1, 0.15) is 5.76 Å². The van der Waals surface area contributed by atoms with E-state index in [4.69, 9.17) is 27.6 Å². The molecule has 3 aromatic heterocycles. The van der Waals surface area contributed by atoms with Crippen molar-refractivity contribution in [2.45, 2.75) is 13.0 Å². The van der Waals surface area contributed by atoms with Gasteiger partial charge in [-0.1, -0.05) is 35.3 Å². The Labute approximate surface area is 186 Å². The number of thiazole rings is 1. The maximum absolute atomic E-state index is 12.6. The highest BCUT2D eigenvalue weighted by molar-refractivity contribution is 7.15. The first kappa shape index (κ1) is 20.3. The Morgan fingerprint density at radius 2 is 1.93 bits per heavy atom. The van der Waals surface area contributed by atoms with Gasteiger partial charge in [0.15, 0.2) is 10.8 Å². The first-order valence-electron chi connectivity index (χ1n) is 8.86. The summed E-state index contributed by atoms with van der Waals surface area (Å²) in [6.07, 6.45) is 5.38. The number of aromatic nitrogens is 3. The monoisotopic (exact) mass is 459 g/mol. The molecule has 1 amide bonds. The predicted octanol–water partition coefficient (Wildman–Crippen LogP) is 5.29. The second-order valence-electron chi connectivity index (χ2n) is 6.21. The Morgan fingerprint density at radius 1 is 1.10 bits per heavy atom. The average molecular weight is 460 g/mol. The van der Waals surface area contributed by atoms with Crippen LogP contribution in [-0.4, -0.2) is 20.9 Å². The normalized spacial score (nSPS) is 10.7. The number of rotatable bonds is 7. The number of amides is 1. The zero-order chi connectivity index (χ0) is 20.9. The summed E-state index contributed by atoms with van der Waals surface area (Å²) in [5.74, 6) is 0.523. The molecule has 152 valence electrons. The first-order chi connectivity index (χ1) is 14.6. The predicted molar refractivity (Wildman–Crippen MR) is 117 cm³/mol. The zero-order valence-corrected chi connectivity index (χ0v) is 17.8. The van der Waals surface area contributed by atoms with Crippen molar-refractivity contribution in [1.29, 1.82) is 0 Å². The SMILES string of the molecule is O=C(Nc1ncc(Cc2ccc(Cl)cc2)s1)c1nc(NCc2ccco2)ncc1Cl. The smallest absolute Gasteiger partial charge is 0.277 e. The third-order valence-corrected chi connectivity index (χ3v) is 5.47. The van der Waals surface area contributed by atoms with Crippen LogP contribution in [0.25, 0.3) is 0 Å². The summed E-state index contributed by atoms with van der Waals surface area (Å²) in [4.78, 5) is 26.2. The summed E-state index contributed by atoms with van der Waals surface area (Å²) in [5, 5.41) is 7.03. The molecule has 3 heterocycles. The Morgan fingerprint density at radius 3 is 2.70 bits per heavy atom. The van der Waals surface area contributed by atoms with Crippen LogP contribution in [0.15, 0.2) is 59.5 Å². The highest BCUT2D eigenvalue weighted by atomic mass is 35.5. The summed E-state index contributed by atoms with van der Waals surface area (Å²) in [7, 11) is 0. The van der Waals surface area contributed by atoms with Gasteiger partial charge in [-0.25, -0.2) is 15.0 Å². The summed E-state index contributed by atoms with van der Waals surface area (Å²) in [5.41, 5.74) is 1.16. The Kier molecular flexibility index (Phi) is 6.27. The van der Waals surface area contributed by atoms with Crippen molar-refractivity contribution in [2.24, 2.45) is 0 Å². The second kappa shape index (κ2) is 9.25. The van der Waals surface area contributed by atoms with E-state index in [1.165, 1.54) is 17.5 Å². The van der Waals surface area contributed by atoms with E-state index in [1.807, 2.05) is 30.3 Å². The molecular weight excluding hydrogens is 445 g/mol. The summed E-state index contributed by atoms with van der Waals surface area (Å²) in [6.45, 7) is 0.385. The van der Waals surface area contributed by atoms with Crippen molar-refractivity contribution < 1.29 is 9.21 Å². The Balaban J connectivity index is 1.41. The molecule has 0 aliphatic carbocycles. The molecule has 4 aromatic rings. The topological polar surface area (TPSA) is 92.9 Å². The molecule has 0 aliphatic heterocycles. The number of hydrogen-bond acceptors (Lipinski definition) is 7. The van der Waals surface area contributed by atoms with Crippen LogP contribution in [0.5, 0.6) is 0 Å². The van der Waals surface area contributed by atoms with Crippen molar-refractivity contribution in [3.8, 4) is 0 Å². The van der Waals surface area contributed by atoms with Crippen LogP contribution < -0.4 is 10.6 Å². The lowest BCUT2D eigenvalue weighted by molar-refractivity contribution is 0.102. The van der Waals surface area contributed by atoms with Gasteiger partial charge in [-0.05, 0) is 29.8 Å². The molecule has 30 heavy (non-hydrogen) atoms. The minimum atomic E-state index is -0.462. The molecule has 7 nitrogen and oxygen atoms in total. The number of carbonyl (C=O) groups excluding carboxylic acids is 1. The Hall–Kier alpha value is -2.94. The van der Waals surface area contributed by atoms with E-state index in [9.17, 15) is 4.79 Å². The van der Waals surface area contributed by atoms with Crippen LogP contribution in [-0.2, 0) is 13.0 Å². The van der Waals surface area contributed by atoms with E-state index in [2.05, 4.69) is 25.6 Å². The van der Waals surface area contributed by atoms with E-state index < -0.39 is 5.91 Å². The molecule has 0 saturated heterocycles. The molecular formula is C20H15Cl2N5O2S. The fourth-order valence-electron chi connectivity index (χ4n) is 2.60. The summed E-state index contributed by atoms with van der Waals surface area (Å²) >= 11 is 13.4. The van der Waals surface area contributed by atoms with Crippen LogP contribution in [0.4, 0.5) is 11.1 Å². The van der Waals surface area contributed by atoms with Crippen molar-refractivity contribution >= 4 is 51.5 Å². The van der Waals surface area contributed by atoms with Crippen LogP contribution in [0.1, 0.15) is 26.7 Å². The molecule has 0 unspecified atom stereocenters. The van der Waals surface area contributed by atoms with Gasteiger partial charge in [-0.3, -0.25) is 10.1 Å². The second-order valence-corrected chi connectivity index (χ2v) is 8.17. The van der Waals surface area contributed by atoms with E-state index in [-0.39, 0.29) is 16.7 Å². The van der Waals surface area contributed by atoms with Crippen LogP contribution in [0.3, 0.4) is 0 Å². The third-order valence-electron chi connectivity index (χ3n) is 4.03. The van der Waals surface area contributed by atoms with Gasteiger partial charge in [0.25, 0.3) is 5.91 Å². The minimum absolute atomic E-state index is 0.0584. The lowest BCUT2D eigenvalue weighted by atomic mass is 10.1. The molecule has 10 heteroatoms. The molecule has 0 radical (unpaired) electrons. The molecule has 0 spiro atoms.